The summed E-state index contributed by atoms with van der Waals surface area (Å²) < 4.78 is 7.25. The number of nitro groups is 1. The lowest BCUT2D eigenvalue weighted by Crippen LogP contribution is -2.23. The summed E-state index contributed by atoms with van der Waals surface area (Å²) >= 11 is 0. The monoisotopic (exact) mass is 377 g/mol. The Balaban J connectivity index is 1.69. The molecule has 7 nitrogen and oxygen atoms in total. The molecule has 1 heterocycles. The Bertz CT molecular complexity index is 1040. The molecule has 7 heteroatoms. The lowest BCUT2D eigenvalue weighted by atomic mass is 10.1. The van der Waals surface area contributed by atoms with Crippen molar-refractivity contribution in [3.63, 3.8) is 0 Å². The van der Waals surface area contributed by atoms with Gasteiger partial charge >= 0.3 is 0 Å². The minimum atomic E-state index is -0.494. The molecule has 3 rings (SSSR count). The number of hydrogen-bond acceptors (Lipinski definition) is 4. The third-order valence-electron chi connectivity index (χ3n) is 4.04. The second-order valence-corrected chi connectivity index (χ2v) is 6.22. The van der Waals surface area contributed by atoms with E-state index in [1.807, 2.05) is 54.1 Å². The SMILES string of the molecule is Cc1ccc(Cn2ccccc2=NC(=O)COc2ccc([N+](=O)[O-])cc2)cc1. The van der Waals surface area contributed by atoms with Gasteiger partial charge in [0.1, 0.15) is 11.2 Å². The molecule has 0 atom stereocenters. The third-order valence-corrected chi connectivity index (χ3v) is 4.04. The number of non-ortho nitro benzene ring substituents is 1. The Morgan fingerprint density at radius 2 is 1.79 bits per heavy atom. The molecule has 0 saturated carbocycles. The number of rotatable bonds is 6. The van der Waals surface area contributed by atoms with Gasteiger partial charge in [-0.3, -0.25) is 14.9 Å². The second-order valence-electron chi connectivity index (χ2n) is 6.22. The van der Waals surface area contributed by atoms with Crippen LogP contribution in [0.5, 0.6) is 5.75 Å². The lowest BCUT2D eigenvalue weighted by Gasteiger charge is -2.08. The first-order chi connectivity index (χ1) is 13.5. The van der Waals surface area contributed by atoms with Crippen LogP contribution in [0.25, 0.3) is 0 Å². The zero-order valence-electron chi connectivity index (χ0n) is 15.3. The highest BCUT2D eigenvalue weighted by atomic mass is 16.6. The van der Waals surface area contributed by atoms with Gasteiger partial charge in [0.2, 0.25) is 0 Å². The van der Waals surface area contributed by atoms with Crippen LogP contribution in [0.15, 0.2) is 77.9 Å². The minimum absolute atomic E-state index is 0.0372. The number of aromatic nitrogens is 1. The van der Waals surface area contributed by atoms with E-state index in [4.69, 9.17) is 4.74 Å². The summed E-state index contributed by atoms with van der Waals surface area (Å²) in [4.78, 5) is 26.5. The zero-order valence-corrected chi connectivity index (χ0v) is 15.3. The molecule has 0 bridgehead atoms. The van der Waals surface area contributed by atoms with Crippen molar-refractivity contribution in [2.75, 3.05) is 6.61 Å². The lowest BCUT2D eigenvalue weighted by molar-refractivity contribution is -0.384. The number of nitro benzene ring substituents is 1. The maximum atomic E-state index is 12.2. The standard InChI is InChI=1S/C21H19N3O4/c1-16-5-7-17(8-6-16)14-23-13-3-2-4-20(23)22-21(25)15-28-19-11-9-18(10-12-19)24(26)27/h2-13H,14-15H2,1H3. The summed E-state index contributed by atoms with van der Waals surface area (Å²) in [6.07, 6.45) is 1.86. The minimum Gasteiger partial charge on any atom is -0.484 e. The highest BCUT2D eigenvalue weighted by Gasteiger charge is 2.06. The van der Waals surface area contributed by atoms with Crippen LogP contribution in [0.2, 0.25) is 0 Å². The molecular formula is C21H19N3O4. The summed E-state index contributed by atoms with van der Waals surface area (Å²) in [6, 6.07) is 19.2. The summed E-state index contributed by atoms with van der Waals surface area (Å²) in [5.74, 6) is -0.0723. The summed E-state index contributed by atoms with van der Waals surface area (Å²) in [7, 11) is 0. The summed E-state index contributed by atoms with van der Waals surface area (Å²) in [6.45, 7) is 2.37. The Kier molecular flexibility index (Phi) is 5.96. The number of carbonyl (C=O) groups excluding carboxylic acids is 1. The van der Waals surface area contributed by atoms with E-state index in [0.29, 0.717) is 17.8 Å². The maximum absolute atomic E-state index is 12.2. The molecule has 3 aromatic rings. The molecule has 1 amide bonds. The van der Waals surface area contributed by atoms with E-state index in [-0.39, 0.29) is 12.3 Å². The molecular weight excluding hydrogens is 358 g/mol. The topological polar surface area (TPSA) is 86.7 Å². The molecule has 0 fully saturated rings. The smallest absolute Gasteiger partial charge is 0.285 e. The zero-order chi connectivity index (χ0) is 19.9. The van der Waals surface area contributed by atoms with E-state index in [1.54, 1.807) is 6.07 Å². The van der Waals surface area contributed by atoms with Gasteiger partial charge in [0, 0.05) is 24.9 Å². The van der Waals surface area contributed by atoms with E-state index >= 15 is 0 Å². The number of amides is 1. The quantitative estimate of drug-likeness (QED) is 0.487. The average Bonchev–Trinajstić information content (AvgIpc) is 2.70. The van der Waals surface area contributed by atoms with Gasteiger partial charge in [-0.2, -0.15) is 4.99 Å². The number of pyridine rings is 1. The van der Waals surface area contributed by atoms with Crippen LogP contribution in [0.4, 0.5) is 5.69 Å². The van der Waals surface area contributed by atoms with Gasteiger partial charge in [0.15, 0.2) is 6.61 Å². The molecule has 0 N–H and O–H groups in total. The Labute approximate surface area is 161 Å². The Morgan fingerprint density at radius 1 is 1.07 bits per heavy atom. The number of nitrogens with zero attached hydrogens (tertiary/aromatic N) is 3. The Morgan fingerprint density at radius 3 is 2.46 bits per heavy atom. The van der Waals surface area contributed by atoms with Crippen molar-refractivity contribution in [1.82, 2.24) is 4.57 Å². The van der Waals surface area contributed by atoms with Crippen molar-refractivity contribution in [1.29, 1.82) is 0 Å². The van der Waals surface area contributed by atoms with Crippen molar-refractivity contribution < 1.29 is 14.5 Å². The van der Waals surface area contributed by atoms with Crippen molar-refractivity contribution in [2.45, 2.75) is 13.5 Å². The van der Waals surface area contributed by atoms with Crippen molar-refractivity contribution in [3.8, 4) is 5.75 Å². The molecule has 0 aliphatic rings. The highest BCUT2D eigenvalue weighted by Crippen LogP contribution is 2.17. The normalized spacial score (nSPS) is 11.2. The third kappa shape index (κ3) is 5.14. The van der Waals surface area contributed by atoms with Gasteiger partial charge in [0.05, 0.1) is 4.92 Å². The number of carbonyl (C=O) groups is 1. The number of ether oxygens (including phenoxy) is 1. The van der Waals surface area contributed by atoms with Crippen molar-refractivity contribution in [3.05, 3.63) is 99.7 Å². The van der Waals surface area contributed by atoms with Crippen molar-refractivity contribution in [2.24, 2.45) is 4.99 Å². The van der Waals surface area contributed by atoms with E-state index < -0.39 is 10.8 Å². The molecule has 142 valence electrons. The summed E-state index contributed by atoms with van der Waals surface area (Å²) in [5, 5.41) is 10.7. The molecule has 28 heavy (non-hydrogen) atoms. The van der Waals surface area contributed by atoms with E-state index in [9.17, 15) is 14.9 Å². The van der Waals surface area contributed by atoms with E-state index in [1.165, 1.54) is 29.8 Å². The van der Waals surface area contributed by atoms with Crippen LogP contribution in [-0.2, 0) is 11.3 Å². The Hall–Kier alpha value is -3.74. The van der Waals surface area contributed by atoms with Crippen LogP contribution in [0, 0.1) is 17.0 Å². The van der Waals surface area contributed by atoms with Crippen molar-refractivity contribution >= 4 is 11.6 Å². The molecule has 0 saturated heterocycles. The predicted octanol–water partition coefficient (Wildman–Crippen LogP) is 3.26. The predicted molar refractivity (Wildman–Crippen MR) is 104 cm³/mol. The summed E-state index contributed by atoms with van der Waals surface area (Å²) in [5.41, 5.74) is 2.78. The molecule has 0 radical (unpaired) electrons. The van der Waals surface area contributed by atoms with E-state index in [0.717, 1.165) is 5.56 Å². The molecule has 0 spiro atoms. The fourth-order valence-electron chi connectivity index (χ4n) is 2.56. The fourth-order valence-corrected chi connectivity index (χ4v) is 2.56. The first kappa shape index (κ1) is 19.0. The van der Waals surface area contributed by atoms with E-state index in [2.05, 4.69) is 4.99 Å². The van der Waals surface area contributed by atoms with Gasteiger partial charge in [0.25, 0.3) is 11.6 Å². The van der Waals surface area contributed by atoms with Crippen LogP contribution >= 0.6 is 0 Å². The highest BCUT2D eigenvalue weighted by molar-refractivity contribution is 5.78. The first-order valence-electron chi connectivity index (χ1n) is 8.67. The molecule has 0 aliphatic carbocycles. The van der Waals surface area contributed by atoms with Gasteiger partial charge in [-0.25, -0.2) is 0 Å². The van der Waals surface area contributed by atoms with Gasteiger partial charge in [-0.15, -0.1) is 0 Å². The number of hydrogen-bond donors (Lipinski definition) is 0. The molecule has 2 aromatic carbocycles. The molecule has 1 aromatic heterocycles. The second kappa shape index (κ2) is 8.77. The van der Waals surface area contributed by atoms with Crippen LogP contribution in [-0.4, -0.2) is 22.0 Å². The first-order valence-corrected chi connectivity index (χ1v) is 8.67. The van der Waals surface area contributed by atoms with Gasteiger partial charge in [-0.1, -0.05) is 35.9 Å². The number of aryl methyl sites for hydroxylation is 1. The van der Waals surface area contributed by atoms with Crippen LogP contribution < -0.4 is 10.2 Å². The maximum Gasteiger partial charge on any atom is 0.285 e. The van der Waals surface area contributed by atoms with Crippen LogP contribution in [0.1, 0.15) is 11.1 Å². The largest absolute Gasteiger partial charge is 0.484 e. The van der Waals surface area contributed by atoms with Crippen LogP contribution in [0.3, 0.4) is 0 Å². The van der Waals surface area contributed by atoms with Gasteiger partial charge in [-0.05, 0) is 36.8 Å². The molecule has 0 unspecified atom stereocenters. The average molecular weight is 377 g/mol. The molecule has 0 aliphatic heterocycles. The fraction of sp³-hybridized carbons (Fsp3) is 0.143. The number of benzene rings is 2. The van der Waals surface area contributed by atoms with Gasteiger partial charge < -0.3 is 9.30 Å².